The summed E-state index contributed by atoms with van der Waals surface area (Å²) in [5, 5.41) is 3.23. The smallest absolute Gasteiger partial charge is 0.144 e. The average Bonchev–Trinajstić information content (AvgIpc) is 2.25. The SMILES string of the molecule is Brc1ccc(Nc2ncc(Br)cc2Br)cc1. The molecule has 5 heteroatoms. The van der Waals surface area contributed by atoms with Crippen molar-refractivity contribution in [2.24, 2.45) is 0 Å². The Morgan fingerprint density at radius 1 is 0.938 bits per heavy atom. The van der Waals surface area contributed by atoms with Crippen LogP contribution in [0.4, 0.5) is 11.5 Å². The van der Waals surface area contributed by atoms with Crippen molar-refractivity contribution in [3.05, 3.63) is 49.9 Å². The molecule has 2 nitrogen and oxygen atoms in total. The molecule has 2 aromatic rings. The minimum absolute atomic E-state index is 0.797. The van der Waals surface area contributed by atoms with Gasteiger partial charge in [-0.05, 0) is 62.2 Å². The number of halogens is 3. The summed E-state index contributed by atoms with van der Waals surface area (Å²) in [6.45, 7) is 0. The van der Waals surface area contributed by atoms with Gasteiger partial charge in [0.15, 0.2) is 0 Å². The first-order valence-corrected chi connectivity index (χ1v) is 6.87. The van der Waals surface area contributed by atoms with Gasteiger partial charge in [-0.3, -0.25) is 0 Å². The summed E-state index contributed by atoms with van der Waals surface area (Å²) < 4.78 is 2.92. The molecule has 1 aromatic heterocycles. The van der Waals surface area contributed by atoms with Crippen molar-refractivity contribution in [3.8, 4) is 0 Å². The van der Waals surface area contributed by atoms with E-state index in [2.05, 4.69) is 58.1 Å². The lowest BCUT2D eigenvalue weighted by atomic mass is 10.3. The summed E-state index contributed by atoms with van der Waals surface area (Å²) >= 11 is 10.2. The summed E-state index contributed by atoms with van der Waals surface area (Å²) in [6, 6.07) is 9.89. The van der Waals surface area contributed by atoms with Crippen LogP contribution in [0.3, 0.4) is 0 Å². The van der Waals surface area contributed by atoms with E-state index < -0.39 is 0 Å². The maximum atomic E-state index is 4.28. The first-order chi connectivity index (χ1) is 7.65. The van der Waals surface area contributed by atoms with E-state index in [9.17, 15) is 0 Å². The lowest BCUT2D eigenvalue weighted by Gasteiger charge is -2.07. The fraction of sp³-hybridized carbons (Fsp3) is 0. The third kappa shape index (κ3) is 3.06. The Morgan fingerprint density at radius 2 is 1.62 bits per heavy atom. The minimum atomic E-state index is 0.797. The molecular formula is C11H7Br3N2. The number of hydrogen-bond donors (Lipinski definition) is 1. The van der Waals surface area contributed by atoms with Gasteiger partial charge in [0.05, 0.1) is 4.47 Å². The highest BCUT2D eigenvalue weighted by molar-refractivity contribution is 9.11. The Balaban J connectivity index is 2.23. The van der Waals surface area contributed by atoms with Crippen LogP contribution in [0, 0.1) is 0 Å². The van der Waals surface area contributed by atoms with E-state index >= 15 is 0 Å². The first kappa shape index (κ1) is 12.1. The monoisotopic (exact) mass is 404 g/mol. The van der Waals surface area contributed by atoms with E-state index in [-0.39, 0.29) is 0 Å². The van der Waals surface area contributed by atoms with Gasteiger partial charge in [0.1, 0.15) is 5.82 Å². The van der Waals surface area contributed by atoms with Crippen molar-refractivity contribution >= 4 is 59.3 Å². The van der Waals surface area contributed by atoms with E-state index in [1.165, 1.54) is 0 Å². The molecule has 2 rings (SSSR count). The van der Waals surface area contributed by atoms with Crippen LogP contribution in [-0.4, -0.2) is 4.98 Å². The van der Waals surface area contributed by atoms with Crippen LogP contribution in [-0.2, 0) is 0 Å². The maximum Gasteiger partial charge on any atom is 0.144 e. The molecule has 0 aliphatic carbocycles. The molecule has 0 spiro atoms. The summed E-state index contributed by atoms with van der Waals surface area (Å²) in [5.41, 5.74) is 0.999. The van der Waals surface area contributed by atoms with Crippen LogP contribution in [0.25, 0.3) is 0 Å². The Hall–Kier alpha value is -0.390. The predicted molar refractivity (Wildman–Crippen MR) is 77.1 cm³/mol. The number of nitrogens with one attached hydrogen (secondary N) is 1. The number of benzene rings is 1. The zero-order valence-corrected chi connectivity index (χ0v) is 12.8. The van der Waals surface area contributed by atoms with Gasteiger partial charge >= 0.3 is 0 Å². The van der Waals surface area contributed by atoms with E-state index in [1.807, 2.05) is 30.3 Å². The molecule has 0 amide bonds. The van der Waals surface area contributed by atoms with E-state index in [0.717, 1.165) is 24.9 Å². The highest BCUT2D eigenvalue weighted by Gasteiger charge is 2.02. The van der Waals surface area contributed by atoms with Gasteiger partial charge < -0.3 is 5.32 Å². The van der Waals surface area contributed by atoms with Crippen LogP contribution >= 0.6 is 47.8 Å². The third-order valence-electron chi connectivity index (χ3n) is 1.91. The standard InChI is InChI=1S/C11H7Br3N2/c12-7-1-3-9(4-2-7)16-11-10(14)5-8(13)6-15-11/h1-6H,(H,15,16). The van der Waals surface area contributed by atoms with Crippen molar-refractivity contribution < 1.29 is 0 Å². The fourth-order valence-electron chi connectivity index (χ4n) is 1.18. The molecule has 16 heavy (non-hydrogen) atoms. The second-order valence-corrected chi connectivity index (χ2v) is 5.80. The third-order valence-corrected chi connectivity index (χ3v) is 3.48. The molecule has 0 atom stereocenters. The highest BCUT2D eigenvalue weighted by Crippen LogP contribution is 2.26. The molecule has 0 aliphatic rings. The van der Waals surface area contributed by atoms with Gasteiger partial charge in [0, 0.05) is 20.8 Å². The van der Waals surface area contributed by atoms with Crippen LogP contribution in [0.2, 0.25) is 0 Å². The quantitative estimate of drug-likeness (QED) is 0.749. The molecule has 0 bridgehead atoms. The highest BCUT2D eigenvalue weighted by atomic mass is 79.9. The topological polar surface area (TPSA) is 24.9 Å². The van der Waals surface area contributed by atoms with Crippen molar-refractivity contribution in [1.29, 1.82) is 0 Å². The zero-order chi connectivity index (χ0) is 11.5. The van der Waals surface area contributed by atoms with Crippen molar-refractivity contribution in [2.45, 2.75) is 0 Å². The molecule has 0 unspecified atom stereocenters. The molecule has 0 saturated heterocycles. The summed E-state index contributed by atoms with van der Waals surface area (Å²) in [6.07, 6.45) is 1.76. The molecule has 1 heterocycles. The largest absolute Gasteiger partial charge is 0.339 e. The predicted octanol–water partition coefficient (Wildman–Crippen LogP) is 5.11. The summed E-state index contributed by atoms with van der Waals surface area (Å²) in [7, 11) is 0. The number of pyridine rings is 1. The van der Waals surface area contributed by atoms with E-state index in [0.29, 0.717) is 0 Å². The second kappa shape index (κ2) is 5.29. The van der Waals surface area contributed by atoms with Crippen molar-refractivity contribution in [3.63, 3.8) is 0 Å². The van der Waals surface area contributed by atoms with E-state index in [1.54, 1.807) is 6.20 Å². The normalized spacial score (nSPS) is 10.2. The lowest BCUT2D eigenvalue weighted by Crippen LogP contribution is -1.94. The minimum Gasteiger partial charge on any atom is -0.339 e. The molecule has 0 saturated carbocycles. The van der Waals surface area contributed by atoms with Gasteiger partial charge in [0.2, 0.25) is 0 Å². The molecule has 0 radical (unpaired) electrons. The molecule has 0 fully saturated rings. The molecule has 82 valence electrons. The Morgan fingerprint density at radius 3 is 2.25 bits per heavy atom. The molecule has 1 aromatic carbocycles. The first-order valence-electron chi connectivity index (χ1n) is 4.49. The average molecular weight is 407 g/mol. The van der Waals surface area contributed by atoms with Crippen LogP contribution in [0.1, 0.15) is 0 Å². The number of rotatable bonds is 2. The molecule has 1 N–H and O–H groups in total. The van der Waals surface area contributed by atoms with Crippen molar-refractivity contribution in [2.75, 3.05) is 5.32 Å². The maximum absolute atomic E-state index is 4.28. The Bertz CT molecular complexity index is 497. The Labute approximate surface area is 119 Å². The van der Waals surface area contributed by atoms with Gasteiger partial charge in [-0.1, -0.05) is 15.9 Å². The molecular weight excluding hydrogens is 400 g/mol. The van der Waals surface area contributed by atoms with Gasteiger partial charge in [-0.15, -0.1) is 0 Å². The lowest BCUT2D eigenvalue weighted by molar-refractivity contribution is 1.27. The van der Waals surface area contributed by atoms with Gasteiger partial charge in [-0.2, -0.15) is 0 Å². The number of hydrogen-bond acceptors (Lipinski definition) is 2. The summed E-state index contributed by atoms with van der Waals surface area (Å²) in [5.74, 6) is 0.797. The number of aromatic nitrogens is 1. The van der Waals surface area contributed by atoms with Crippen LogP contribution < -0.4 is 5.32 Å². The Kier molecular flexibility index (Phi) is 4.00. The fourth-order valence-corrected chi connectivity index (χ4v) is 2.53. The van der Waals surface area contributed by atoms with Crippen molar-refractivity contribution in [1.82, 2.24) is 4.98 Å². The van der Waals surface area contributed by atoms with Crippen LogP contribution in [0.5, 0.6) is 0 Å². The van der Waals surface area contributed by atoms with E-state index in [4.69, 9.17) is 0 Å². The van der Waals surface area contributed by atoms with Crippen LogP contribution in [0.15, 0.2) is 49.9 Å². The number of nitrogens with zero attached hydrogens (tertiary/aromatic N) is 1. The molecule has 0 aliphatic heterocycles. The summed E-state index contributed by atoms with van der Waals surface area (Å²) in [4.78, 5) is 4.28. The number of anilines is 2. The van der Waals surface area contributed by atoms with Gasteiger partial charge in [0.25, 0.3) is 0 Å². The van der Waals surface area contributed by atoms with Gasteiger partial charge in [-0.25, -0.2) is 4.98 Å². The zero-order valence-electron chi connectivity index (χ0n) is 8.05. The second-order valence-electron chi connectivity index (χ2n) is 3.12.